The number of amidine groups is 1. The smallest absolute Gasteiger partial charge is 0.187 e. The molecule has 0 spiro atoms. The van der Waals surface area contributed by atoms with Crippen LogP contribution in [0.1, 0.15) is 28.3 Å². The van der Waals surface area contributed by atoms with Gasteiger partial charge in [0.05, 0.1) is 11.4 Å². The van der Waals surface area contributed by atoms with E-state index in [0.717, 1.165) is 22.4 Å². The van der Waals surface area contributed by atoms with Gasteiger partial charge in [0.15, 0.2) is 11.6 Å². The van der Waals surface area contributed by atoms with E-state index in [4.69, 9.17) is 10.3 Å². The molecule has 0 saturated heterocycles. The molecule has 7 heteroatoms. The van der Waals surface area contributed by atoms with Gasteiger partial charge in [-0.1, -0.05) is 23.0 Å². The second kappa shape index (κ2) is 6.44. The number of hydrogen-bond acceptors (Lipinski definition) is 5. The first kappa shape index (κ1) is 17.3. The number of rotatable bonds is 4. The third kappa shape index (κ3) is 2.54. The van der Waals surface area contributed by atoms with Crippen LogP contribution in [0.25, 0.3) is 23.0 Å². The Labute approximate surface area is 150 Å². The highest BCUT2D eigenvalue weighted by Gasteiger charge is 2.26. The van der Waals surface area contributed by atoms with Gasteiger partial charge in [0.2, 0.25) is 0 Å². The second-order valence-electron chi connectivity index (χ2n) is 5.98. The highest BCUT2D eigenvalue weighted by Crippen LogP contribution is 2.37. The lowest BCUT2D eigenvalue weighted by molar-refractivity contribution is 0.318. The van der Waals surface area contributed by atoms with Gasteiger partial charge in [0.1, 0.15) is 17.1 Å². The summed E-state index contributed by atoms with van der Waals surface area (Å²) in [5, 5.41) is 26.2. The van der Waals surface area contributed by atoms with Crippen LogP contribution in [0.3, 0.4) is 0 Å². The number of phenols is 1. The number of aryl methyl sites for hydroxylation is 2. The molecule has 0 atom stereocenters. The summed E-state index contributed by atoms with van der Waals surface area (Å²) in [7, 11) is 0. The van der Waals surface area contributed by atoms with E-state index in [2.05, 4.69) is 16.9 Å². The molecule has 3 rings (SSSR count). The van der Waals surface area contributed by atoms with E-state index in [0.29, 0.717) is 22.8 Å². The molecule has 7 nitrogen and oxygen atoms in total. The predicted octanol–water partition coefficient (Wildman–Crippen LogP) is 3.50. The van der Waals surface area contributed by atoms with Gasteiger partial charge in [-0.15, -0.1) is 0 Å². The van der Waals surface area contributed by atoms with Crippen molar-refractivity contribution < 1.29 is 14.8 Å². The standard InChI is InChI=1S/C19H20N4O3/c1-5-15-10(2)16(19(20)21-25)23(17-11(3)22-26-12(17)4)18(15)13-6-8-14(24)9-7-13/h5-9,24-25H,1H2,2-4H3,(H2,20,21). The van der Waals surface area contributed by atoms with Crippen LogP contribution < -0.4 is 5.73 Å². The molecule has 26 heavy (non-hydrogen) atoms. The van der Waals surface area contributed by atoms with Crippen molar-refractivity contribution in [3.05, 3.63) is 59.1 Å². The molecular formula is C19H20N4O3. The normalized spacial score (nSPS) is 11.7. The topological polar surface area (TPSA) is 110 Å². The highest BCUT2D eigenvalue weighted by atomic mass is 16.5. The van der Waals surface area contributed by atoms with Gasteiger partial charge >= 0.3 is 0 Å². The summed E-state index contributed by atoms with van der Waals surface area (Å²) in [5.41, 5.74) is 11.2. The number of nitrogens with zero attached hydrogens (tertiary/aromatic N) is 3. The van der Waals surface area contributed by atoms with Crippen molar-refractivity contribution in [2.24, 2.45) is 10.9 Å². The monoisotopic (exact) mass is 352 g/mol. The summed E-state index contributed by atoms with van der Waals surface area (Å²) in [5.74, 6) is 0.730. The minimum atomic E-state index is -0.0318. The fourth-order valence-electron chi connectivity index (χ4n) is 3.23. The molecule has 0 aliphatic rings. The van der Waals surface area contributed by atoms with Crippen molar-refractivity contribution in [1.82, 2.24) is 9.72 Å². The van der Waals surface area contributed by atoms with Gasteiger partial charge in [-0.3, -0.25) is 0 Å². The summed E-state index contributed by atoms with van der Waals surface area (Å²) in [6, 6.07) is 6.79. The Bertz CT molecular complexity index is 991. The van der Waals surface area contributed by atoms with E-state index in [-0.39, 0.29) is 11.6 Å². The zero-order valence-corrected chi connectivity index (χ0v) is 14.8. The van der Waals surface area contributed by atoms with Crippen LogP contribution in [0.2, 0.25) is 0 Å². The number of nitrogens with two attached hydrogens (primary N) is 1. The summed E-state index contributed by atoms with van der Waals surface area (Å²) >= 11 is 0. The van der Waals surface area contributed by atoms with Gasteiger partial charge in [-0.2, -0.15) is 0 Å². The lowest BCUT2D eigenvalue weighted by Crippen LogP contribution is -2.19. The first-order valence-corrected chi connectivity index (χ1v) is 7.99. The van der Waals surface area contributed by atoms with Gasteiger partial charge in [0, 0.05) is 5.56 Å². The lowest BCUT2D eigenvalue weighted by atomic mass is 10.0. The van der Waals surface area contributed by atoms with Crippen LogP contribution in [0, 0.1) is 20.8 Å². The van der Waals surface area contributed by atoms with E-state index in [1.54, 1.807) is 37.3 Å². The van der Waals surface area contributed by atoms with Crippen LogP contribution >= 0.6 is 0 Å². The molecule has 1 aromatic carbocycles. The number of oxime groups is 1. The molecule has 0 amide bonds. The second-order valence-corrected chi connectivity index (χ2v) is 5.98. The average Bonchev–Trinajstić information content (AvgIpc) is 3.10. The Morgan fingerprint density at radius 1 is 1.27 bits per heavy atom. The van der Waals surface area contributed by atoms with E-state index >= 15 is 0 Å². The molecule has 0 unspecified atom stereocenters. The van der Waals surface area contributed by atoms with Crippen LogP contribution in [0.4, 0.5) is 0 Å². The maximum atomic E-state index is 9.63. The number of aromatic nitrogens is 2. The van der Waals surface area contributed by atoms with Gasteiger partial charge in [-0.05, 0) is 56.2 Å². The van der Waals surface area contributed by atoms with Crippen molar-refractivity contribution in [2.75, 3.05) is 0 Å². The zero-order chi connectivity index (χ0) is 19.0. The third-order valence-corrected chi connectivity index (χ3v) is 4.38. The highest BCUT2D eigenvalue weighted by molar-refractivity contribution is 6.01. The minimum Gasteiger partial charge on any atom is -0.508 e. The minimum absolute atomic E-state index is 0.0318. The first-order chi connectivity index (χ1) is 12.4. The van der Waals surface area contributed by atoms with Crippen molar-refractivity contribution in [3.63, 3.8) is 0 Å². The maximum absolute atomic E-state index is 9.63. The SMILES string of the molecule is C=Cc1c(C)c(/C(N)=N/O)n(-c2c(C)noc2C)c1-c1ccc(O)cc1. The fraction of sp³-hybridized carbons (Fsp3) is 0.158. The van der Waals surface area contributed by atoms with Crippen molar-refractivity contribution in [3.8, 4) is 22.7 Å². The summed E-state index contributed by atoms with van der Waals surface area (Å²) in [4.78, 5) is 0. The van der Waals surface area contributed by atoms with Gasteiger partial charge in [-0.25, -0.2) is 0 Å². The van der Waals surface area contributed by atoms with E-state index in [1.807, 2.05) is 18.4 Å². The quantitative estimate of drug-likeness (QED) is 0.288. The third-order valence-electron chi connectivity index (χ3n) is 4.38. The van der Waals surface area contributed by atoms with Gasteiger partial charge in [0.25, 0.3) is 0 Å². The van der Waals surface area contributed by atoms with Crippen molar-refractivity contribution in [2.45, 2.75) is 20.8 Å². The Balaban J connectivity index is 2.50. The number of phenolic OH excluding ortho intramolecular Hbond substituents is 1. The number of benzene rings is 1. The van der Waals surface area contributed by atoms with Crippen LogP contribution in [-0.4, -0.2) is 25.9 Å². The molecule has 0 bridgehead atoms. The van der Waals surface area contributed by atoms with Crippen LogP contribution in [0.15, 0.2) is 40.5 Å². The maximum Gasteiger partial charge on any atom is 0.187 e. The van der Waals surface area contributed by atoms with Crippen LogP contribution in [0.5, 0.6) is 5.75 Å². The fourth-order valence-corrected chi connectivity index (χ4v) is 3.23. The molecule has 4 N–H and O–H groups in total. The molecule has 2 aromatic heterocycles. The van der Waals surface area contributed by atoms with Gasteiger partial charge < -0.3 is 25.1 Å². The predicted molar refractivity (Wildman–Crippen MR) is 99.7 cm³/mol. The van der Waals surface area contributed by atoms with Crippen molar-refractivity contribution in [1.29, 1.82) is 0 Å². The Morgan fingerprint density at radius 3 is 2.42 bits per heavy atom. The molecule has 0 fully saturated rings. The Kier molecular flexibility index (Phi) is 4.29. The average molecular weight is 352 g/mol. The van der Waals surface area contributed by atoms with E-state index in [9.17, 15) is 10.3 Å². The molecule has 0 saturated carbocycles. The first-order valence-electron chi connectivity index (χ1n) is 7.99. The Morgan fingerprint density at radius 2 is 1.92 bits per heavy atom. The lowest BCUT2D eigenvalue weighted by Gasteiger charge is -2.13. The largest absolute Gasteiger partial charge is 0.508 e. The molecule has 0 radical (unpaired) electrons. The number of hydrogen-bond donors (Lipinski definition) is 3. The molecule has 134 valence electrons. The van der Waals surface area contributed by atoms with E-state index in [1.165, 1.54) is 0 Å². The summed E-state index contributed by atoms with van der Waals surface area (Å²) in [6.07, 6.45) is 1.72. The van der Waals surface area contributed by atoms with E-state index < -0.39 is 0 Å². The summed E-state index contributed by atoms with van der Waals surface area (Å²) < 4.78 is 7.19. The summed E-state index contributed by atoms with van der Waals surface area (Å²) in [6.45, 7) is 9.42. The van der Waals surface area contributed by atoms with Crippen LogP contribution in [-0.2, 0) is 0 Å². The molecule has 0 aliphatic heterocycles. The van der Waals surface area contributed by atoms with Crippen molar-refractivity contribution >= 4 is 11.9 Å². The molecular weight excluding hydrogens is 332 g/mol. The number of aromatic hydroxyl groups is 1. The molecule has 2 heterocycles. The zero-order valence-electron chi connectivity index (χ0n) is 14.8. The molecule has 3 aromatic rings. The Hall–Kier alpha value is -3.48. The molecule has 0 aliphatic carbocycles.